The molecule has 0 aliphatic heterocycles. The molecule has 8 unspecified atom stereocenters. The van der Waals surface area contributed by atoms with Crippen LogP contribution in [-0.2, 0) is 20.2 Å². The lowest BCUT2D eigenvalue weighted by atomic mass is 9.62. The fraction of sp³-hybridized carbons (Fsp3) is 1.00. The first-order chi connectivity index (χ1) is 13.6. The minimum absolute atomic E-state index is 0.0779. The van der Waals surface area contributed by atoms with Crippen molar-refractivity contribution in [3.8, 4) is 0 Å². The average Bonchev–Trinajstić information content (AvgIpc) is 2.65. The van der Waals surface area contributed by atoms with Gasteiger partial charge in [0.2, 0.25) is 0 Å². The molecule has 8 atom stereocenters. The second kappa shape index (κ2) is 8.40. The Morgan fingerprint density at radius 2 is 1.00 bits per heavy atom. The predicted molar refractivity (Wildman–Crippen MR) is 112 cm³/mol. The van der Waals surface area contributed by atoms with Gasteiger partial charge in [0.15, 0.2) is 0 Å². The van der Waals surface area contributed by atoms with Crippen molar-refractivity contribution in [2.24, 2.45) is 35.5 Å². The van der Waals surface area contributed by atoms with Gasteiger partial charge in [0, 0.05) is 0 Å². The van der Waals surface area contributed by atoms with Gasteiger partial charge in [0.1, 0.15) is 0 Å². The molecular weight excluding hydrogens is 412 g/mol. The second-order valence-electron chi connectivity index (χ2n) is 10.4. The Hall–Kier alpha value is -0.180. The van der Waals surface area contributed by atoms with Crippen LogP contribution in [-0.4, -0.2) is 36.4 Å². The summed E-state index contributed by atoms with van der Waals surface area (Å²) in [6.45, 7) is 0. The molecule has 0 amide bonds. The fourth-order valence-electron chi connectivity index (χ4n) is 7.58. The maximum Gasteiger partial charge on any atom is 0.268 e. The topological polar surface area (TPSA) is 109 Å². The van der Waals surface area contributed by atoms with Gasteiger partial charge in [-0.05, 0) is 80.5 Å². The lowest BCUT2D eigenvalue weighted by molar-refractivity contribution is 0.0837. The van der Waals surface area contributed by atoms with Crippen molar-refractivity contribution in [2.45, 2.75) is 94.0 Å². The van der Waals surface area contributed by atoms with E-state index in [-0.39, 0.29) is 11.8 Å². The average molecular weight is 449 g/mol. The SMILES string of the molecule is O=S(=O)(O)C1CCCC2CCC(CC3CCC4CCCC(S(=O)(=O)O)C4C3)CC21. The third kappa shape index (κ3) is 4.85. The van der Waals surface area contributed by atoms with E-state index in [2.05, 4.69) is 0 Å². The molecule has 0 saturated heterocycles. The summed E-state index contributed by atoms with van der Waals surface area (Å²) in [5.74, 6) is 1.93. The molecule has 168 valence electrons. The minimum atomic E-state index is -3.99. The molecule has 4 aliphatic carbocycles. The highest BCUT2D eigenvalue weighted by Gasteiger charge is 2.46. The molecule has 4 rings (SSSR count). The Bertz CT molecular complexity index is 726. The molecule has 4 aliphatic rings. The highest BCUT2D eigenvalue weighted by molar-refractivity contribution is 7.86. The lowest BCUT2D eigenvalue weighted by Gasteiger charge is -2.46. The van der Waals surface area contributed by atoms with Gasteiger partial charge in [-0.3, -0.25) is 9.11 Å². The van der Waals surface area contributed by atoms with Gasteiger partial charge < -0.3 is 0 Å². The monoisotopic (exact) mass is 448 g/mol. The van der Waals surface area contributed by atoms with Crippen molar-refractivity contribution < 1.29 is 25.9 Å². The molecule has 4 fully saturated rings. The van der Waals surface area contributed by atoms with Gasteiger partial charge in [-0.25, -0.2) is 0 Å². The summed E-state index contributed by atoms with van der Waals surface area (Å²) in [6, 6.07) is 0. The fourth-order valence-corrected chi connectivity index (χ4v) is 10.1. The molecule has 29 heavy (non-hydrogen) atoms. The molecule has 0 spiro atoms. The molecule has 0 radical (unpaired) electrons. The van der Waals surface area contributed by atoms with Crippen LogP contribution in [0.5, 0.6) is 0 Å². The first-order valence-electron chi connectivity index (χ1n) is 11.6. The van der Waals surface area contributed by atoms with Crippen LogP contribution in [0.1, 0.15) is 83.5 Å². The quantitative estimate of drug-likeness (QED) is 0.620. The molecule has 2 N–H and O–H groups in total. The van der Waals surface area contributed by atoms with Gasteiger partial charge >= 0.3 is 0 Å². The van der Waals surface area contributed by atoms with Gasteiger partial charge in [-0.15, -0.1) is 0 Å². The van der Waals surface area contributed by atoms with Crippen molar-refractivity contribution in [1.82, 2.24) is 0 Å². The smallest absolute Gasteiger partial charge is 0.268 e. The maximum atomic E-state index is 11.9. The Morgan fingerprint density at radius 1 is 0.586 bits per heavy atom. The maximum absolute atomic E-state index is 11.9. The van der Waals surface area contributed by atoms with Gasteiger partial charge in [0.05, 0.1) is 10.5 Å². The molecule has 4 saturated carbocycles. The third-order valence-electron chi connectivity index (χ3n) is 8.83. The van der Waals surface area contributed by atoms with Crippen LogP contribution in [0.4, 0.5) is 0 Å². The first kappa shape index (κ1) is 22.0. The standard InChI is InChI=1S/C21H36O6S2/c22-28(23,24)20-5-1-3-16-9-7-14(12-18(16)20)11-15-8-10-17-4-2-6-21(19(17)13-15)29(25,26)27/h14-21H,1-13H2,(H,22,23,24)(H,25,26,27). The zero-order valence-corrected chi connectivity index (χ0v) is 18.8. The largest absolute Gasteiger partial charge is 0.285 e. The van der Waals surface area contributed by atoms with E-state index in [0.717, 1.165) is 70.6 Å². The zero-order chi connectivity index (χ0) is 20.8. The van der Waals surface area contributed by atoms with E-state index in [9.17, 15) is 25.9 Å². The van der Waals surface area contributed by atoms with Crippen LogP contribution in [0.3, 0.4) is 0 Å². The van der Waals surface area contributed by atoms with E-state index in [0.29, 0.717) is 36.5 Å². The van der Waals surface area contributed by atoms with Gasteiger partial charge in [-0.2, -0.15) is 16.8 Å². The van der Waals surface area contributed by atoms with Crippen LogP contribution in [0.2, 0.25) is 0 Å². The van der Waals surface area contributed by atoms with Crippen molar-refractivity contribution >= 4 is 20.2 Å². The van der Waals surface area contributed by atoms with E-state index in [1.807, 2.05) is 0 Å². The van der Waals surface area contributed by atoms with Gasteiger partial charge in [0.25, 0.3) is 20.2 Å². The number of fused-ring (bicyclic) bond motifs is 2. The predicted octanol–water partition coefficient (Wildman–Crippen LogP) is 4.32. The van der Waals surface area contributed by atoms with Gasteiger partial charge in [-0.1, -0.05) is 38.5 Å². The number of hydrogen-bond donors (Lipinski definition) is 2. The molecule has 0 bridgehead atoms. The number of rotatable bonds is 4. The van der Waals surface area contributed by atoms with Crippen molar-refractivity contribution in [3.63, 3.8) is 0 Å². The molecule has 0 heterocycles. The molecule has 8 heteroatoms. The summed E-state index contributed by atoms with van der Waals surface area (Å²) in [7, 11) is -7.97. The van der Waals surface area contributed by atoms with E-state index in [1.165, 1.54) is 0 Å². The third-order valence-corrected chi connectivity index (χ3v) is 11.5. The van der Waals surface area contributed by atoms with Crippen LogP contribution in [0.15, 0.2) is 0 Å². The highest BCUT2D eigenvalue weighted by atomic mass is 32.2. The van der Waals surface area contributed by atoms with Crippen molar-refractivity contribution in [3.05, 3.63) is 0 Å². The Kier molecular flexibility index (Phi) is 6.38. The summed E-state index contributed by atoms with van der Waals surface area (Å²) in [5, 5.41) is -1.19. The van der Waals surface area contributed by atoms with E-state index in [1.54, 1.807) is 0 Å². The summed E-state index contributed by atoms with van der Waals surface area (Å²) in [5.41, 5.74) is 0. The van der Waals surface area contributed by atoms with E-state index >= 15 is 0 Å². The molecule has 0 aromatic carbocycles. The Morgan fingerprint density at radius 3 is 1.38 bits per heavy atom. The molecule has 0 aromatic heterocycles. The molecule has 6 nitrogen and oxygen atoms in total. The first-order valence-corrected chi connectivity index (χ1v) is 14.6. The Balaban J connectivity index is 1.40. The normalized spacial score (nSPS) is 43.9. The summed E-state index contributed by atoms with van der Waals surface area (Å²) >= 11 is 0. The van der Waals surface area contributed by atoms with Crippen molar-refractivity contribution in [1.29, 1.82) is 0 Å². The highest BCUT2D eigenvalue weighted by Crippen LogP contribution is 2.50. The molecule has 0 aromatic rings. The zero-order valence-electron chi connectivity index (χ0n) is 17.2. The van der Waals surface area contributed by atoms with Crippen molar-refractivity contribution in [2.75, 3.05) is 0 Å². The van der Waals surface area contributed by atoms with E-state index in [4.69, 9.17) is 0 Å². The summed E-state index contributed by atoms with van der Waals surface area (Å²) < 4.78 is 67.0. The van der Waals surface area contributed by atoms with Crippen LogP contribution >= 0.6 is 0 Å². The van der Waals surface area contributed by atoms with Crippen LogP contribution in [0.25, 0.3) is 0 Å². The summed E-state index contributed by atoms with van der Waals surface area (Å²) in [4.78, 5) is 0. The van der Waals surface area contributed by atoms with E-state index < -0.39 is 30.7 Å². The lowest BCUT2D eigenvalue weighted by Crippen LogP contribution is -2.43. The number of hydrogen-bond acceptors (Lipinski definition) is 4. The second-order valence-corrected chi connectivity index (χ2v) is 13.7. The Labute approximate surface area is 175 Å². The molecular formula is C21H36O6S2. The van der Waals surface area contributed by atoms with Crippen LogP contribution in [0, 0.1) is 35.5 Å². The summed E-state index contributed by atoms with van der Waals surface area (Å²) in [6.07, 6.45) is 12.2. The minimum Gasteiger partial charge on any atom is -0.285 e. The van der Waals surface area contributed by atoms with Crippen LogP contribution < -0.4 is 0 Å².